The van der Waals surface area contributed by atoms with Crippen molar-refractivity contribution in [1.29, 1.82) is 0 Å². The molecular formula is C18H28N2O. The smallest absolute Gasteiger partial charge is 0.225 e. The molecule has 1 heterocycles. The highest BCUT2D eigenvalue weighted by atomic mass is 16.2. The van der Waals surface area contributed by atoms with Crippen molar-refractivity contribution in [3.8, 4) is 0 Å². The van der Waals surface area contributed by atoms with Gasteiger partial charge in [0.1, 0.15) is 0 Å². The lowest BCUT2D eigenvalue weighted by Crippen LogP contribution is -2.41. The predicted molar refractivity (Wildman–Crippen MR) is 87.9 cm³/mol. The molecule has 0 unspecified atom stereocenters. The van der Waals surface area contributed by atoms with E-state index in [1.807, 2.05) is 12.1 Å². The Balaban J connectivity index is 1.83. The molecule has 2 rings (SSSR count). The first-order valence-corrected chi connectivity index (χ1v) is 8.27. The van der Waals surface area contributed by atoms with E-state index in [4.69, 9.17) is 5.73 Å². The molecule has 0 atom stereocenters. The minimum absolute atomic E-state index is 0.221. The lowest BCUT2D eigenvalue weighted by molar-refractivity contribution is -0.137. The first kappa shape index (κ1) is 15.9. The highest BCUT2D eigenvalue weighted by Crippen LogP contribution is 2.24. The van der Waals surface area contributed by atoms with Gasteiger partial charge in [0.25, 0.3) is 0 Å². The predicted octanol–water partition coefficient (Wildman–Crippen LogP) is 3.49. The van der Waals surface area contributed by atoms with Gasteiger partial charge in [0.2, 0.25) is 5.91 Å². The van der Waals surface area contributed by atoms with Crippen molar-refractivity contribution in [2.75, 3.05) is 18.8 Å². The summed E-state index contributed by atoms with van der Waals surface area (Å²) < 4.78 is 0. The van der Waals surface area contributed by atoms with Crippen LogP contribution in [0.1, 0.15) is 45.1 Å². The van der Waals surface area contributed by atoms with Crippen molar-refractivity contribution in [3.63, 3.8) is 0 Å². The van der Waals surface area contributed by atoms with Crippen LogP contribution in [0.25, 0.3) is 0 Å². The Kier molecular flexibility index (Phi) is 5.66. The molecule has 21 heavy (non-hydrogen) atoms. The maximum Gasteiger partial charge on any atom is 0.225 e. The van der Waals surface area contributed by atoms with Gasteiger partial charge in [-0.1, -0.05) is 26.0 Å². The SMILES string of the molecule is CCC(CC)C(=O)N1CCC(Cc2ccc(N)cc2)CC1. The molecule has 1 aliphatic heterocycles. The molecule has 3 heteroatoms. The fourth-order valence-corrected chi connectivity index (χ4v) is 3.24. The van der Waals surface area contributed by atoms with E-state index in [0.29, 0.717) is 11.8 Å². The summed E-state index contributed by atoms with van der Waals surface area (Å²) >= 11 is 0. The van der Waals surface area contributed by atoms with Crippen LogP contribution in [0.15, 0.2) is 24.3 Å². The second-order valence-corrected chi connectivity index (χ2v) is 6.23. The number of nitrogen functional groups attached to an aromatic ring is 1. The molecule has 1 aromatic carbocycles. The second kappa shape index (κ2) is 7.48. The van der Waals surface area contributed by atoms with E-state index in [1.54, 1.807) is 0 Å². The highest BCUT2D eigenvalue weighted by molar-refractivity contribution is 5.78. The van der Waals surface area contributed by atoms with Gasteiger partial charge in [-0.25, -0.2) is 0 Å². The zero-order valence-electron chi connectivity index (χ0n) is 13.3. The van der Waals surface area contributed by atoms with Gasteiger partial charge in [-0.05, 0) is 55.7 Å². The van der Waals surface area contributed by atoms with Gasteiger partial charge in [0, 0.05) is 24.7 Å². The van der Waals surface area contributed by atoms with Crippen molar-refractivity contribution in [3.05, 3.63) is 29.8 Å². The van der Waals surface area contributed by atoms with Crippen LogP contribution in [0.5, 0.6) is 0 Å². The van der Waals surface area contributed by atoms with E-state index < -0.39 is 0 Å². The third-order valence-electron chi connectivity index (χ3n) is 4.77. The van der Waals surface area contributed by atoms with E-state index in [9.17, 15) is 4.79 Å². The maximum atomic E-state index is 12.4. The van der Waals surface area contributed by atoms with Gasteiger partial charge in [-0.15, -0.1) is 0 Å². The van der Waals surface area contributed by atoms with Crippen molar-refractivity contribution >= 4 is 11.6 Å². The maximum absolute atomic E-state index is 12.4. The summed E-state index contributed by atoms with van der Waals surface area (Å²) in [6.45, 7) is 6.07. The number of hydrogen-bond acceptors (Lipinski definition) is 2. The number of carbonyl (C=O) groups is 1. The number of rotatable bonds is 5. The zero-order chi connectivity index (χ0) is 15.2. The number of hydrogen-bond donors (Lipinski definition) is 1. The molecule has 0 aliphatic carbocycles. The Morgan fingerprint density at radius 2 is 1.76 bits per heavy atom. The van der Waals surface area contributed by atoms with Gasteiger partial charge < -0.3 is 10.6 Å². The molecule has 0 aromatic heterocycles. The molecule has 0 saturated carbocycles. The van der Waals surface area contributed by atoms with Gasteiger partial charge >= 0.3 is 0 Å². The number of nitrogens with zero attached hydrogens (tertiary/aromatic N) is 1. The zero-order valence-corrected chi connectivity index (χ0v) is 13.3. The van der Waals surface area contributed by atoms with Crippen LogP contribution in [0.2, 0.25) is 0 Å². The summed E-state index contributed by atoms with van der Waals surface area (Å²) in [5.74, 6) is 1.28. The van der Waals surface area contributed by atoms with Crippen LogP contribution in [-0.2, 0) is 11.2 Å². The fraction of sp³-hybridized carbons (Fsp3) is 0.611. The van der Waals surface area contributed by atoms with E-state index in [1.165, 1.54) is 5.56 Å². The normalized spacial score (nSPS) is 16.4. The lowest BCUT2D eigenvalue weighted by Gasteiger charge is -2.34. The average molecular weight is 288 g/mol. The van der Waals surface area contributed by atoms with Gasteiger partial charge in [0.05, 0.1) is 0 Å². The molecule has 0 radical (unpaired) electrons. The first-order chi connectivity index (χ1) is 10.1. The van der Waals surface area contributed by atoms with E-state index in [2.05, 4.69) is 30.9 Å². The number of anilines is 1. The summed E-state index contributed by atoms with van der Waals surface area (Å²) in [6.07, 6.45) is 5.27. The number of carbonyl (C=O) groups excluding carboxylic acids is 1. The molecule has 1 aromatic rings. The molecule has 3 nitrogen and oxygen atoms in total. The topological polar surface area (TPSA) is 46.3 Å². The standard InChI is InChI=1S/C18H28N2O/c1-3-16(4-2)18(21)20-11-9-15(10-12-20)13-14-5-7-17(19)8-6-14/h5-8,15-16H,3-4,9-13,19H2,1-2H3. The van der Waals surface area contributed by atoms with Crippen LogP contribution in [0.3, 0.4) is 0 Å². The minimum atomic E-state index is 0.221. The minimum Gasteiger partial charge on any atom is -0.399 e. The van der Waals surface area contributed by atoms with Crippen LogP contribution in [0.4, 0.5) is 5.69 Å². The van der Waals surface area contributed by atoms with Crippen LogP contribution < -0.4 is 5.73 Å². The van der Waals surface area contributed by atoms with E-state index in [-0.39, 0.29) is 5.92 Å². The summed E-state index contributed by atoms with van der Waals surface area (Å²) in [4.78, 5) is 14.5. The molecule has 116 valence electrons. The van der Waals surface area contributed by atoms with Crippen LogP contribution in [-0.4, -0.2) is 23.9 Å². The Hall–Kier alpha value is -1.51. The third-order valence-corrected chi connectivity index (χ3v) is 4.77. The number of piperidine rings is 1. The Morgan fingerprint density at radius 1 is 1.19 bits per heavy atom. The fourth-order valence-electron chi connectivity index (χ4n) is 3.24. The summed E-state index contributed by atoms with van der Waals surface area (Å²) in [5.41, 5.74) is 7.90. The number of amides is 1. The van der Waals surface area contributed by atoms with Crippen molar-refractivity contribution in [1.82, 2.24) is 4.90 Å². The third kappa shape index (κ3) is 4.23. The monoisotopic (exact) mass is 288 g/mol. The van der Waals surface area contributed by atoms with Gasteiger partial charge in [-0.3, -0.25) is 4.79 Å². The summed E-state index contributed by atoms with van der Waals surface area (Å²) in [5, 5.41) is 0. The van der Waals surface area contributed by atoms with Crippen LogP contribution >= 0.6 is 0 Å². The molecule has 0 spiro atoms. The second-order valence-electron chi connectivity index (χ2n) is 6.23. The number of likely N-dealkylation sites (tertiary alicyclic amines) is 1. The Labute approximate surface area is 128 Å². The summed E-state index contributed by atoms with van der Waals surface area (Å²) in [6, 6.07) is 8.19. The Bertz CT molecular complexity index is 443. The van der Waals surface area contributed by atoms with E-state index >= 15 is 0 Å². The lowest BCUT2D eigenvalue weighted by atomic mass is 9.89. The largest absolute Gasteiger partial charge is 0.399 e. The van der Waals surface area contributed by atoms with Crippen molar-refractivity contribution < 1.29 is 4.79 Å². The highest BCUT2D eigenvalue weighted by Gasteiger charge is 2.26. The van der Waals surface area contributed by atoms with Crippen molar-refractivity contribution in [2.24, 2.45) is 11.8 Å². The quantitative estimate of drug-likeness (QED) is 0.843. The Morgan fingerprint density at radius 3 is 2.29 bits per heavy atom. The molecule has 1 amide bonds. The first-order valence-electron chi connectivity index (χ1n) is 8.27. The van der Waals surface area contributed by atoms with Gasteiger partial charge in [0.15, 0.2) is 0 Å². The van der Waals surface area contributed by atoms with Crippen molar-refractivity contribution in [2.45, 2.75) is 46.0 Å². The summed E-state index contributed by atoms with van der Waals surface area (Å²) in [7, 11) is 0. The van der Waals surface area contributed by atoms with E-state index in [0.717, 1.165) is 50.9 Å². The molecular weight excluding hydrogens is 260 g/mol. The molecule has 1 saturated heterocycles. The van der Waals surface area contributed by atoms with Gasteiger partial charge in [-0.2, -0.15) is 0 Å². The number of nitrogens with two attached hydrogens (primary N) is 1. The average Bonchev–Trinajstić information content (AvgIpc) is 2.51. The van der Waals surface area contributed by atoms with Crippen LogP contribution in [0, 0.1) is 11.8 Å². The molecule has 1 fully saturated rings. The molecule has 0 bridgehead atoms. The molecule has 2 N–H and O–H groups in total. The number of benzene rings is 1. The molecule has 1 aliphatic rings.